The average molecular weight is 378 g/mol. The molecular weight excluding hydrogens is 356 g/mol. The van der Waals surface area contributed by atoms with E-state index in [-0.39, 0.29) is 35.7 Å². The van der Waals surface area contributed by atoms with Gasteiger partial charge in [-0.25, -0.2) is 0 Å². The molecule has 1 unspecified atom stereocenters. The number of phenols is 3. The Hall–Kier alpha value is -3.34. The Morgan fingerprint density at radius 3 is 2.29 bits per heavy atom. The van der Waals surface area contributed by atoms with Crippen molar-refractivity contribution in [3.63, 3.8) is 0 Å². The van der Waals surface area contributed by atoms with Gasteiger partial charge in [-0.3, -0.25) is 0 Å². The number of hydrogen-bond acceptors (Lipinski definition) is 5. The lowest BCUT2D eigenvalue weighted by atomic mass is 9.99. The Kier molecular flexibility index (Phi) is 4.51. The molecule has 28 heavy (non-hydrogen) atoms. The van der Waals surface area contributed by atoms with Crippen LogP contribution in [-0.2, 0) is 13.0 Å². The highest BCUT2D eigenvalue weighted by Gasteiger charge is 2.28. The predicted molar refractivity (Wildman–Crippen MR) is 105 cm³/mol. The van der Waals surface area contributed by atoms with Crippen LogP contribution in [0.25, 0.3) is 0 Å². The third kappa shape index (κ3) is 3.20. The molecule has 5 nitrogen and oxygen atoms in total. The molecule has 3 aromatic carbocycles. The van der Waals surface area contributed by atoms with Crippen molar-refractivity contribution in [2.75, 3.05) is 0 Å². The van der Waals surface area contributed by atoms with Crippen molar-refractivity contribution in [1.29, 1.82) is 0 Å². The van der Waals surface area contributed by atoms with E-state index in [0.717, 1.165) is 28.7 Å². The summed E-state index contributed by atoms with van der Waals surface area (Å²) in [4.78, 5) is 0. The van der Waals surface area contributed by atoms with Crippen LogP contribution >= 0.6 is 0 Å². The molecule has 0 aromatic heterocycles. The van der Waals surface area contributed by atoms with Crippen LogP contribution in [0.15, 0.2) is 48.5 Å². The van der Waals surface area contributed by atoms with Gasteiger partial charge in [0.15, 0.2) is 23.0 Å². The van der Waals surface area contributed by atoms with E-state index in [1.807, 2.05) is 37.3 Å². The van der Waals surface area contributed by atoms with Crippen molar-refractivity contribution in [1.82, 2.24) is 0 Å². The minimum absolute atomic E-state index is 0.000724. The molecular formula is C23H22O5. The topological polar surface area (TPSA) is 79.2 Å². The molecule has 0 radical (unpaired) electrons. The van der Waals surface area contributed by atoms with Crippen LogP contribution in [-0.4, -0.2) is 15.3 Å². The van der Waals surface area contributed by atoms with Crippen LogP contribution in [0.1, 0.15) is 33.9 Å². The van der Waals surface area contributed by atoms with E-state index >= 15 is 0 Å². The summed E-state index contributed by atoms with van der Waals surface area (Å²) >= 11 is 0. The number of fused-ring (bicyclic) bond motifs is 1. The van der Waals surface area contributed by atoms with Gasteiger partial charge in [-0.2, -0.15) is 0 Å². The first-order valence-corrected chi connectivity index (χ1v) is 9.15. The van der Waals surface area contributed by atoms with Crippen LogP contribution in [0.5, 0.6) is 28.7 Å². The van der Waals surface area contributed by atoms with Gasteiger partial charge >= 0.3 is 0 Å². The minimum atomic E-state index is -0.130. The maximum atomic E-state index is 10.0. The zero-order valence-electron chi connectivity index (χ0n) is 15.8. The molecule has 0 spiro atoms. The molecule has 1 aliphatic heterocycles. The normalized spacial score (nSPS) is 15.1. The number of ether oxygens (including phenoxy) is 2. The second kappa shape index (κ2) is 7.00. The molecule has 4 rings (SSSR count). The Balaban J connectivity index is 1.46. The molecule has 0 bridgehead atoms. The molecule has 1 aliphatic rings. The van der Waals surface area contributed by atoms with E-state index in [1.54, 1.807) is 13.0 Å². The van der Waals surface area contributed by atoms with Crippen LogP contribution in [0.2, 0.25) is 0 Å². The quantitative estimate of drug-likeness (QED) is 0.575. The second-order valence-electron chi connectivity index (χ2n) is 7.11. The third-order valence-electron chi connectivity index (χ3n) is 5.21. The second-order valence-corrected chi connectivity index (χ2v) is 7.11. The lowest BCUT2D eigenvalue weighted by Crippen LogP contribution is -2.04. The molecule has 1 atom stereocenters. The Bertz CT molecular complexity index is 993. The molecule has 1 heterocycles. The van der Waals surface area contributed by atoms with Gasteiger partial charge in [0.1, 0.15) is 18.5 Å². The van der Waals surface area contributed by atoms with E-state index in [0.29, 0.717) is 11.3 Å². The van der Waals surface area contributed by atoms with Crippen molar-refractivity contribution in [3.05, 3.63) is 76.3 Å². The van der Waals surface area contributed by atoms with Gasteiger partial charge < -0.3 is 24.8 Å². The Morgan fingerprint density at radius 2 is 1.57 bits per heavy atom. The van der Waals surface area contributed by atoms with Crippen LogP contribution in [0, 0.1) is 13.8 Å². The fourth-order valence-corrected chi connectivity index (χ4v) is 3.49. The number of rotatable bonds is 4. The summed E-state index contributed by atoms with van der Waals surface area (Å²) in [6, 6.07) is 14.3. The first-order valence-electron chi connectivity index (χ1n) is 9.15. The molecule has 0 saturated carbocycles. The highest BCUT2D eigenvalue weighted by Crippen LogP contribution is 2.44. The Labute approximate surface area is 163 Å². The number of benzene rings is 3. The summed E-state index contributed by atoms with van der Waals surface area (Å²) in [5.74, 6) is 1.12. The molecule has 5 heteroatoms. The summed E-state index contributed by atoms with van der Waals surface area (Å²) in [6.45, 7) is 3.98. The predicted octanol–water partition coefficient (Wildman–Crippen LogP) is 4.68. The smallest absolute Gasteiger partial charge is 0.168 e. The van der Waals surface area contributed by atoms with Gasteiger partial charge in [0, 0.05) is 17.5 Å². The highest BCUT2D eigenvalue weighted by molar-refractivity contribution is 5.53. The fourth-order valence-electron chi connectivity index (χ4n) is 3.49. The van der Waals surface area contributed by atoms with Gasteiger partial charge in [0.25, 0.3) is 0 Å². The third-order valence-corrected chi connectivity index (χ3v) is 5.21. The molecule has 3 N–H and O–H groups in total. The van der Waals surface area contributed by atoms with Crippen LogP contribution in [0.3, 0.4) is 0 Å². The van der Waals surface area contributed by atoms with Crippen molar-refractivity contribution in [3.8, 4) is 28.7 Å². The Morgan fingerprint density at radius 1 is 0.893 bits per heavy atom. The molecule has 0 saturated heterocycles. The maximum absolute atomic E-state index is 10.0. The maximum Gasteiger partial charge on any atom is 0.168 e. The number of aromatic hydroxyl groups is 3. The van der Waals surface area contributed by atoms with Gasteiger partial charge in [0.2, 0.25) is 0 Å². The number of phenolic OH excluding ortho intramolecular Hbond substituents is 3. The van der Waals surface area contributed by atoms with Crippen molar-refractivity contribution in [2.45, 2.75) is 33.0 Å². The zero-order valence-corrected chi connectivity index (χ0v) is 15.8. The van der Waals surface area contributed by atoms with Gasteiger partial charge in [-0.15, -0.1) is 0 Å². The van der Waals surface area contributed by atoms with Gasteiger partial charge in [-0.05, 0) is 48.7 Å². The highest BCUT2D eigenvalue weighted by atomic mass is 16.5. The minimum Gasteiger partial charge on any atom is -0.508 e. The van der Waals surface area contributed by atoms with E-state index in [9.17, 15) is 15.3 Å². The standard InChI is InChI=1S/C23H22O5/c1-13-3-8-20(26)23-17(13)11-21(28-23)16-6-4-15(5-7-16)12-27-22-14(2)18(24)9-10-19(22)25/h3-10,21,24-26H,11-12H2,1-2H3. The molecule has 0 amide bonds. The van der Waals surface area contributed by atoms with Gasteiger partial charge in [-0.1, -0.05) is 30.3 Å². The lowest BCUT2D eigenvalue weighted by Gasteiger charge is -2.14. The van der Waals surface area contributed by atoms with E-state index in [2.05, 4.69) is 0 Å². The fraction of sp³-hybridized carbons (Fsp3) is 0.217. The summed E-state index contributed by atoms with van der Waals surface area (Å²) in [5.41, 5.74) is 4.62. The van der Waals surface area contributed by atoms with Gasteiger partial charge in [0.05, 0.1) is 0 Å². The number of hydrogen-bond donors (Lipinski definition) is 3. The van der Waals surface area contributed by atoms with E-state index in [4.69, 9.17) is 9.47 Å². The van der Waals surface area contributed by atoms with E-state index < -0.39 is 0 Å². The summed E-state index contributed by atoms with van der Waals surface area (Å²) in [7, 11) is 0. The molecule has 0 fully saturated rings. The molecule has 0 aliphatic carbocycles. The lowest BCUT2D eigenvalue weighted by molar-refractivity contribution is 0.230. The first-order chi connectivity index (χ1) is 13.4. The van der Waals surface area contributed by atoms with Crippen LogP contribution in [0.4, 0.5) is 0 Å². The largest absolute Gasteiger partial charge is 0.508 e. The SMILES string of the molecule is Cc1ccc(O)c2c1CC(c1ccc(COc3c(O)ccc(O)c3C)cc1)O2. The monoisotopic (exact) mass is 378 g/mol. The van der Waals surface area contributed by atoms with E-state index in [1.165, 1.54) is 12.1 Å². The average Bonchev–Trinajstić information content (AvgIpc) is 3.15. The molecule has 144 valence electrons. The zero-order chi connectivity index (χ0) is 19.8. The van der Waals surface area contributed by atoms with Crippen molar-refractivity contribution in [2.24, 2.45) is 0 Å². The van der Waals surface area contributed by atoms with Crippen molar-refractivity contribution >= 4 is 0 Å². The summed E-state index contributed by atoms with van der Waals surface area (Å²) in [5, 5.41) is 29.7. The summed E-state index contributed by atoms with van der Waals surface area (Å²) < 4.78 is 11.7. The van der Waals surface area contributed by atoms with Crippen LogP contribution < -0.4 is 9.47 Å². The first kappa shape index (κ1) is 18.0. The number of aryl methyl sites for hydroxylation is 1. The summed E-state index contributed by atoms with van der Waals surface area (Å²) in [6.07, 6.45) is 0.594. The molecule has 3 aromatic rings. The van der Waals surface area contributed by atoms with Crippen molar-refractivity contribution < 1.29 is 24.8 Å².